The number of fused-ring (bicyclic) bond motifs is 1. The molecule has 6 rings (SSSR count). The molecule has 1 aromatic rings. The van der Waals surface area contributed by atoms with E-state index < -0.39 is 0 Å². The number of nitrogens with one attached hydrogen (secondary N) is 1. The van der Waals surface area contributed by atoms with Gasteiger partial charge in [-0.15, -0.1) is 0 Å². The molecule has 124 valence electrons. The highest BCUT2D eigenvalue weighted by Gasteiger charge is 2.47. The molecule has 0 radical (unpaired) electrons. The second-order valence-electron chi connectivity index (χ2n) is 8.00. The second kappa shape index (κ2) is 6.78. The van der Waals surface area contributed by atoms with Crippen molar-refractivity contribution in [1.29, 1.82) is 0 Å². The number of hydrogen-bond acceptors (Lipinski definition) is 2. The maximum atomic E-state index is 5.57. The fourth-order valence-corrected chi connectivity index (χ4v) is 5.70. The minimum atomic E-state index is 0.794. The van der Waals surface area contributed by atoms with E-state index in [1.165, 1.54) is 36.8 Å². The van der Waals surface area contributed by atoms with Crippen LogP contribution in [-0.4, -0.2) is 19.1 Å². The minimum Gasteiger partial charge on any atom is -0.329 e. The van der Waals surface area contributed by atoms with E-state index in [4.69, 9.17) is 5.73 Å². The van der Waals surface area contributed by atoms with Crippen LogP contribution in [0.5, 0.6) is 0 Å². The van der Waals surface area contributed by atoms with Crippen molar-refractivity contribution in [3.05, 3.63) is 41.5 Å². The molecule has 2 nitrogen and oxygen atoms in total. The van der Waals surface area contributed by atoms with Crippen molar-refractivity contribution in [1.82, 2.24) is 5.32 Å². The molecule has 4 saturated carbocycles. The van der Waals surface area contributed by atoms with Gasteiger partial charge in [-0.2, -0.15) is 0 Å². The average Bonchev–Trinajstić information content (AvgIpc) is 3.03. The van der Waals surface area contributed by atoms with Crippen LogP contribution in [0.25, 0.3) is 6.08 Å². The summed E-state index contributed by atoms with van der Waals surface area (Å²) in [5.41, 5.74) is 8.41. The lowest BCUT2D eigenvalue weighted by Crippen LogP contribution is -2.55. The Kier molecular flexibility index (Phi) is 4.54. The molecule has 23 heavy (non-hydrogen) atoms. The largest absolute Gasteiger partial charge is 0.329 e. The summed E-state index contributed by atoms with van der Waals surface area (Å²) in [6, 6.07) is 9.32. The molecule has 4 bridgehead atoms. The zero-order valence-electron chi connectivity index (χ0n) is 14.1. The Morgan fingerprint density at radius 3 is 2.30 bits per heavy atom. The molecule has 0 unspecified atom stereocenters. The van der Waals surface area contributed by atoms with Crippen molar-refractivity contribution in [2.45, 2.75) is 44.6 Å². The number of hydrogen-bond donors (Lipinski definition) is 2. The first-order chi connectivity index (χ1) is 11.3. The fourth-order valence-electron chi connectivity index (χ4n) is 5.70. The van der Waals surface area contributed by atoms with E-state index in [-0.39, 0.29) is 0 Å². The average molecular weight is 310 g/mol. The van der Waals surface area contributed by atoms with Crippen molar-refractivity contribution in [3.8, 4) is 0 Å². The first kappa shape index (κ1) is 15.4. The van der Waals surface area contributed by atoms with E-state index in [1.807, 2.05) is 0 Å². The first-order valence-electron chi connectivity index (χ1n) is 9.51. The predicted molar refractivity (Wildman–Crippen MR) is 97.1 cm³/mol. The standard InChI is InChI=1S/C12H22N2.C9H8/c13-1-2-14-12-10-4-8-3-9(6-10)7-11(12)5-8;1-2-5-9-7-3-6-8(9)4-1/h8-12,14H,1-7,13H2;1-6H,7H2. The SMILES string of the molecule is C1=Cc2ccccc2C1.NCCNC1C2CC3CC(C2)CC1C3. The van der Waals surface area contributed by atoms with Crippen molar-refractivity contribution in [2.75, 3.05) is 13.1 Å². The molecule has 0 atom stereocenters. The quantitative estimate of drug-likeness (QED) is 0.895. The molecule has 1 aromatic carbocycles. The van der Waals surface area contributed by atoms with Gasteiger partial charge in [-0.1, -0.05) is 36.4 Å². The topological polar surface area (TPSA) is 38.0 Å². The summed E-state index contributed by atoms with van der Waals surface area (Å²) >= 11 is 0. The molecule has 2 heteroatoms. The summed E-state index contributed by atoms with van der Waals surface area (Å²) in [5.74, 6) is 4.18. The third kappa shape index (κ3) is 3.25. The highest BCUT2D eigenvalue weighted by Crippen LogP contribution is 2.53. The molecule has 0 aromatic heterocycles. The lowest BCUT2D eigenvalue weighted by Gasteiger charge is -2.54. The van der Waals surface area contributed by atoms with Crippen LogP contribution in [-0.2, 0) is 6.42 Å². The molecule has 5 aliphatic rings. The Hall–Kier alpha value is -1.12. The summed E-state index contributed by atoms with van der Waals surface area (Å²) in [7, 11) is 0. The summed E-state index contributed by atoms with van der Waals surface area (Å²) in [6.07, 6.45) is 13.1. The van der Waals surface area contributed by atoms with Crippen molar-refractivity contribution < 1.29 is 0 Å². The summed E-state index contributed by atoms with van der Waals surface area (Å²) in [5, 5.41) is 3.69. The van der Waals surface area contributed by atoms with Crippen LogP contribution in [0.1, 0.15) is 43.2 Å². The number of rotatable bonds is 3. The molecule has 0 aliphatic heterocycles. The highest BCUT2D eigenvalue weighted by atomic mass is 15.0. The van der Waals surface area contributed by atoms with E-state index in [9.17, 15) is 0 Å². The van der Waals surface area contributed by atoms with E-state index in [1.54, 1.807) is 6.42 Å². The van der Waals surface area contributed by atoms with Gasteiger partial charge >= 0.3 is 0 Å². The van der Waals surface area contributed by atoms with Gasteiger partial charge in [0.2, 0.25) is 0 Å². The van der Waals surface area contributed by atoms with E-state index in [0.29, 0.717) is 0 Å². The van der Waals surface area contributed by atoms with Crippen molar-refractivity contribution in [2.24, 2.45) is 29.4 Å². The van der Waals surface area contributed by atoms with E-state index in [0.717, 1.165) is 49.2 Å². The van der Waals surface area contributed by atoms with Crippen molar-refractivity contribution >= 4 is 6.08 Å². The summed E-state index contributed by atoms with van der Waals surface area (Å²) < 4.78 is 0. The van der Waals surface area contributed by atoms with Crippen LogP contribution >= 0.6 is 0 Å². The van der Waals surface area contributed by atoms with Crippen LogP contribution in [0.4, 0.5) is 0 Å². The zero-order chi connectivity index (χ0) is 15.6. The summed E-state index contributed by atoms with van der Waals surface area (Å²) in [4.78, 5) is 0. The van der Waals surface area contributed by atoms with Crippen LogP contribution in [0.3, 0.4) is 0 Å². The Morgan fingerprint density at radius 1 is 0.957 bits per heavy atom. The molecule has 0 amide bonds. The second-order valence-corrected chi connectivity index (χ2v) is 8.00. The smallest absolute Gasteiger partial charge is 0.0124 e. The van der Waals surface area contributed by atoms with Gasteiger partial charge in [-0.3, -0.25) is 0 Å². The van der Waals surface area contributed by atoms with Gasteiger partial charge in [0.05, 0.1) is 0 Å². The summed E-state index contributed by atoms with van der Waals surface area (Å²) in [6.45, 7) is 1.82. The minimum absolute atomic E-state index is 0.794. The van der Waals surface area contributed by atoms with Gasteiger partial charge in [-0.05, 0) is 73.3 Å². The van der Waals surface area contributed by atoms with Crippen LogP contribution in [0, 0.1) is 23.7 Å². The predicted octanol–water partition coefficient (Wildman–Crippen LogP) is 3.62. The third-order valence-electron chi connectivity index (χ3n) is 6.44. The molecule has 0 heterocycles. The normalized spacial score (nSPS) is 35.8. The molecular weight excluding hydrogens is 280 g/mol. The Labute approximate surface area is 140 Å². The third-order valence-corrected chi connectivity index (χ3v) is 6.44. The molecule has 0 spiro atoms. The molecule has 4 fully saturated rings. The zero-order valence-corrected chi connectivity index (χ0v) is 14.1. The van der Waals surface area contributed by atoms with Gasteiger partial charge in [-0.25, -0.2) is 0 Å². The van der Waals surface area contributed by atoms with Gasteiger partial charge < -0.3 is 11.1 Å². The van der Waals surface area contributed by atoms with Gasteiger partial charge in [0.15, 0.2) is 0 Å². The lowest BCUT2D eigenvalue weighted by molar-refractivity contribution is -0.0131. The first-order valence-corrected chi connectivity index (χ1v) is 9.51. The van der Waals surface area contributed by atoms with E-state index >= 15 is 0 Å². The maximum Gasteiger partial charge on any atom is 0.0124 e. The fraction of sp³-hybridized carbons (Fsp3) is 0.619. The molecule has 3 N–H and O–H groups in total. The Bertz CT molecular complexity index is 535. The van der Waals surface area contributed by atoms with Crippen LogP contribution in [0.15, 0.2) is 30.3 Å². The molecule has 0 saturated heterocycles. The van der Waals surface area contributed by atoms with Gasteiger partial charge in [0, 0.05) is 19.1 Å². The Morgan fingerprint density at radius 2 is 1.65 bits per heavy atom. The highest BCUT2D eigenvalue weighted by molar-refractivity contribution is 5.59. The maximum absolute atomic E-state index is 5.57. The van der Waals surface area contributed by atoms with Crippen molar-refractivity contribution in [3.63, 3.8) is 0 Å². The number of allylic oxidation sites excluding steroid dienone is 1. The van der Waals surface area contributed by atoms with Crippen LogP contribution < -0.4 is 11.1 Å². The van der Waals surface area contributed by atoms with Gasteiger partial charge in [0.1, 0.15) is 0 Å². The van der Waals surface area contributed by atoms with E-state index in [2.05, 4.69) is 41.7 Å². The molecular formula is C21H30N2. The molecule has 5 aliphatic carbocycles. The lowest BCUT2D eigenvalue weighted by atomic mass is 9.54. The van der Waals surface area contributed by atoms with Gasteiger partial charge in [0.25, 0.3) is 0 Å². The number of benzene rings is 1. The monoisotopic (exact) mass is 310 g/mol. The van der Waals surface area contributed by atoms with Crippen LogP contribution in [0.2, 0.25) is 0 Å². The number of nitrogens with two attached hydrogens (primary N) is 1. The Balaban J connectivity index is 0.000000130.